The summed E-state index contributed by atoms with van der Waals surface area (Å²) < 4.78 is 13.0. The van der Waals surface area contributed by atoms with E-state index in [0.717, 1.165) is 32.1 Å². The zero-order chi connectivity index (χ0) is 17.1. The topological polar surface area (TPSA) is 61.4 Å². The van der Waals surface area contributed by atoms with Gasteiger partial charge in [0.25, 0.3) is 5.91 Å². The minimum atomic E-state index is -0.351. The number of benzene rings is 1. The molecule has 2 N–H and O–H groups in total. The van der Waals surface area contributed by atoms with Crippen LogP contribution in [0.3, 0.4) is 0 Å². The van der Waals surface area contributed by atoms with Crippen molar-refractivity contribution in [1.82, 2.24) is 15.5 Å². The van der Waals surface area contributed by atoms with Crippen LogP contribution in [0.1, 0.15) is 49.4 Å². The molecule has 2 aliphatic rings. The summed E-state index contributed by atoms with van der Waals surface area (Å²) >= 11 is 0. The second-order valence-electron chi connectivity index (χ2n) is 6.67. The number of nitrogens with zero attached hydrogens (tertiary/aromatic N) is 1. The summed E-state index contributed by atoms with van der Waals surface area (Å²) in [7, 11) is 0. The Morgan fingerprint density at radius 3 is 2.38 bits per heavy atom. The summed E-state index contributed by atoms with van der Waals surface area (Å²) in [5.41, 5.74) is 0.465. The van der Waals surface area contributed by atoms with Crippen molar-refractivity contribution in [3.05, 3.63) is 35.6 Å². The average Bonchev–Trinajstić information content (AvgIpc) is 2.84. The van der Waals surface area contributed by atoms with Gasteiger partial charge in [-0.3, -0.25) is 4.79 Å². The van der Waals surface area contributed by atoms with E-state index in [-0.39, 0.29) is 35.9 Å². The lowest BCUT2D eigenvalue weighted by Gasteiger charge is -2.39. The van der Waals surface area contributed by atoms with Crippen LogP contribution in [-0.2, 0) is 0 Å². The van der Waals surface area contributed by atoms with Gasteiger partial charge in [0.2, 0.25) is 0 Å². The molecule has 0 saturated carbocycles. The highest BCUT2D eigenvalue weighted by Crippen LogP contribution is 2.35. The molecule has 3 amide bonds. The Kier molecular flexibility index (Phi) is 5.02. The molecular weight excluding hydrogens is 309 g/mol. The van der Waals surface area contributed by atoms with E-state index in [9.17, 15) is 14.0 Å². The van der Waals surface area contributed by atoms with Crippen LogP contribution in [-0.4, -0.2) is 41.5 Å². The summed E-state index contributed by atoms with van der Waals surface area (Å²) in [4.78, 5) is 26.5. The monoisotopic (exact) mass is 333 g/mol. The van der Waals surface area contributed by atoms with Crippen molar-refractivity contribution in [3.63, 3.8) is 0 Å². The summed E-state index contributed by atoms with van der Waals surface area (Å²) in [6.07, 6.45) is 4.47. The van der Waals surface area contributed by atoms with Crippen molar-refractivity contribution in [3.8, 4) is 0 Å². The summed E-state index contributed by atoms with van der Waals surface area (Å²) in [6.45, 7) is 2.73. The second kappa shape index (κ2) is 7.20. The van der Waals surface area contributed by atoms with Gasteiger partial charge in [-0.05, 0) is 56.4 Å². The van der Waals surface area contributed by atoms with Crippen molar-refractivity contribution in [2.75, 3.05) is 6.54 Å². The first-order valence-corrected chi connectivity index (χ1v) is 8.71. The summed E-state index contributed by atoms with van der Waals surface area (Å²) in [5, 5.41) is 5.99. The van der Waals surface area contributed by atoms with E-state index in [1.807, 2.05) is 11.8 Å². The Labute approximate surface area is 141 Å². The number of rotatable bonds is 4. The van der Waals surface area contributed by atoms with Crippen LogP contribution in [0.5, 0.6) is 0 Å². The van der Waals surface area contributed by atoms with Crippen molar-refractivity contribution < 1.29 is 14.0 Å². The number of hydrogen-bond acceptors (Lipinski definition) is 2. The number of carbonyl (C=O) groups excluding carboxylic acids is 2. The average molecular weight is 333 g/mol. The third-order valence-electron chi connectivity index (χ3n) is 4.94. The first kappa shape index (κ1) is 16.7. The van der Waals surface area contributed by atoms with E-state index < -0.39 is 0 Å². The molecule has 0 aromatic heterocycles. The predicted octanol–water partition coefficient (Wildman–Crippen LogP) is 2.67. The zero-order valence-corrected chi connectivity index (χ0v) is 13.9. The Hall–Kier alpha value is -2.11. The molecule has 1 unspecified atom stereocenters. The lowest BCUT2D eigenvalue weighted by molar-refractivity contribution is 0.0885. The zero-order valence-electron chi connectivity index (χ0n) is 13.9. The molecule has 6 heteroatoms. The minimum Gasteiger partial charge on any atom is -0.349 e. The molecule has 0 radical (unpaired) electrons. The number of urea groups is 1. The standard InChI is InChI=1S/C18H24FN3O2/c1-2-9-20-18(24)22-15-7-8-16(22)11-14(10-15)21-17(23)12-3-5-13(19)6-4-12/h3-6,14-16H,2,7-11H2,1H3,(H,20,24)(H,21,23)/t14?,15-,16+. The van der Waals surface area contributed by atoms with Gasteiger partial charge >= 0.3 is 6.03 Å². The summed E-state index contributed by atoms with van der Waals surface area (Å²) in [6, 6.07) is 6.04. The normalized spacial score (nSPS) is 25.4. The molecule has 1 aromatic carbocycles. The molecular formula is C18H24FN3O2. The van der Waals surface area contributed by atoms with Crippen LogP contribution < -0.4 is 10.6 Å². The van der Waals surface area contributed by atoms with E-state index in [4.69, 9.17) is 0 Å². The molecule has 5 nitrogen and oxygen atoms in total. The van der Waals surface area contributed by atoms with Crippen LogP contribution in [0.2, 0.25) is 0 Å². The minimum absolute atomic E-state index is 0.0210. The molecule has 3 atom stereocenters. The molecule has 1 aromatic rings. The van der Waals surface area contributed by atoms with E-state index in [0.29, 0.717) is 12.1 Å². The first-order valence-electron chi connectivity index (χ1n) is 8.71. The van der Waals surface area contributed by atoms with Crippen molar-refractivity contribution in [2.24, 2.45) is 0 Å². The second-order valence-corrected chi connectivity index (χ2v) is 6.67. The van der Waals surface area contributed by atoms with E-state index in [1.165, 1.54) is 24.3 Å². The molecule has 3 rings (SSSR count). The van der Waals surface area contributed by atoms with Crippen molar-refractivity contribution in [2.45, 2.75) is 57.2 Å². The fourth-order valence-electron chi connectivity index (χ4n) is 3.82. The third kappa shape index (κ3) is 3.52. The highest BCUT2D eigenvalue weighted by atomic mass is 19.1. The highest BCUT2D eigenvalue weighted by molar-refractivity contribution is 5.94. The number of fused-ring (bicyclic) bond motifs is 2. The fraction of sp³-hybridized carbons (Fsp3) is 0.556. The Morgan fingerprint density at radius 1 is 1.17 bits per heavy atom. The van der Waals surface area contributed by atoms with Gasteiger partial charge in [-0.2, -0.15) is 0 Å². The third-order valence-corrected chi connectivity index (χ3v) is 4.94. The Morgan fingerprint density at radius 2 is 1.79 bits per heavy atom. The van der Waals surface area contributed by atoms with Gasteiger partial charge in [-0.15, -0.1) is 0 Å². The van der Waals surface area contributed by atoms with Crippen LogP contribution in [0.25, 0.3) is 0 Å². The number of nitrogens with one attached hydrogen (secondary N) is 2. The van der Waals surface area contributed by atoms with Crippen LogP contribution in [0, 0.1) is 5.82 Å². The van der Waals surface area contributed by atoms with E-state index in [2.05, 4.69) is 10.6 Å². The highest BCUT2D eigenvalue weighted by Gasteiger charge is 2.43. The first-order chi connectivity index (χ1) is 11.6. The smallest absolute Gasteiger partial charge is 0.317 e. The number of amides is 3. The van der Waals surface area contributed by atoms with Gasteiger partial charge in [-0.25, -0.2) is 9.18 Å². The van der Waals surface area contributed by atoms with Crippen LogP contribution in [0.15, 0.2) is 24.3 Å². The number of carbonyl (C=O) groups is 2. The van der Waals surface area contributed by atoms with E-state index >= 15 is 0 Å². The van der Waals surface area contributed by atoms with Crippen LogP contribution in [0.4, 0.5) is 9.18 Å². The molecule has 0 spiro atoms. The molecule has 2 bridgehead atoms. The maximum atomic E-state index is 13.0. The Bertz CT molecular complexity index is 591. The maximum absolute atomic E-state index is 13.0. The van der Waals surface area contributed by atoms with E-state index in [1.54, 1.807) is 0 Å². The molecule has 2 saturated heterocycles. The molecule has 24 heavy (non-hydrogen) atoms. The molecule has 2 aliphatic heterocycles. The number of piperidine rings is 1. The van der Waals surface area contributed by atoms with Gasteiger partial charge in [0.15, 0.2) is 0 Å². The molecule has 0 aliphatic carbocycles. The molecule has 130 valence electrons. The van der Waals surface area contributed by atoms with Crippen molar-refractivity contribution >= 4 is 11.9 Å². The van der Waals surface area contributed by atoms with Gasteiger partial charge in [0, 0.05) is 30.2 Å². The molecule has 2 fully saturated rings. The number of hydrogen-bond donors (Lipinski definition) is 2. The fourth-order valence-corrected chi connectivity index (χ4v) is 3.82. The van der Waals surface area contributed by atoms with Gasteiger partial charge in [-0.1, -0.05) is 6.92 Å². The van der Waals surface area contributed by atoms with Gasteiger partial charge in [0.05, 0.1) is 0 Å². The van der Waals surface area contributed by atoms with Crippen LogP contribution >= 0.6 is 0 Å². The Balaban J connectivity index is 1.58. The predicted molar refractivity (Wildman–Crippen MR) is 89.2 cm³/mol. The quantitative estimate of drug-likeness (QED) is 0.890. The SMILES string of the molecule is CCCNC(=O)N1[C@@H]2CC[C@H]1CC(NC(=O)c1ccc(F)cc1)C2. The lowest BCUT2D eigenvalue weighted by Crippen LogP contribution is -2.55. The lowest BCUT2D eigenvalue weighted by atomic mass is 9.97. The molecule has 2 heterocycles. The van der Waals surface area contributed by atoms with Gasteiger partial charge < -0.3 is 15.5 Å². The summed E-state index contributed by atoms with van der Waals surface area (Å²) in [5.74, 6) is -0.528. The largest absolute Gasteiger partial charge is 0.349 e. The van der Waals surface area contributed by atoms with Gasteiger partial charge in [0.1, 0.15) is 5.82 Å². The number of halogens is 1. The van der Waals surface area contributed by atoms with Crippen molar-refractivity contribution in [1.29, 1.82) is 0 Å². The maximum Gasteiger partial charge on any atom is 0.317 e.